The highest BCUT2D eigenvalue weighted by atomic mass is 14.4. The van der Waals surface area contributed by atoms with Gasteiger partial charge in [0.15, 0.2) is 0 Å². The first-order valence-corrected chi connectivity index (χ1v) is 8.07. The average molecular weight is 255 g/mol. The lowest BCUT2D eigenvalue weighted by atomic mass is 9.60. The lowest BCUT2D eigenvalue weighted by Gasteiger charge is -2.45. The van der Waals surface area contributed by atoms with Crippen LogP contribution < -0.4 is 0 Å². The quantitative estimate of drug-likeness (QED) is 0.503. The molecule has 0 saturated heterocycles. The highest BCUT2D eigenvalue weighted by Crippen LogP contribution is 2.45. The van der Waals surface area contributed by atoms with Gasteiger partial charge in [0.05, 0.1) is 0 Å². The molecule has 0 heteroatoms. The lowest BCUT2D eigenvalue weighted by Crippen LogP contribution is -2.38. The maximum atomic E-state index is 2.48. The minimum atomic E-state index is 0.429. The lowest BCUT2D eigenvalue weighted by molar-refractivity contribution is 0.0368. The number of hydrogen-bond acceptors (Lipinski definition) is 0. The van der Waals surface area contributed by atoms with Crippen molar-refractivity contribution < 1.29 is 0 Å². The summed E-state index contributed by atoms with van der Waals surface area (Å²) >= 11 is 0. The van der Waals surface area contributed by atoms with Crippen LogP contribution in [0.3, 0.4) is 0 Å². The standard InChI is InChI=1S/C18H38/c1-11-13(4)16(7)18(9,10)17(8)15(6)14(5)12(2)3/h12-17H,11H2,1-10H3. The van der Waals surface area contributed by atoms with Crippen LogP contribution in [0.1, 0.15) is 75.7 Å². The zero-order chi connectivity index (χ0) is 14.7. The van der Waals surface area contributed by atoms with E-state index in [0.29, 0.717) is 5.41 Å². The van der Waals surface area contributed by atoms with Gasteiger partial charge in [-0.25, -0.2) is 0 Å². The second kappa shape index (κ2) is 6.96. The van der Waals surface area contributed by atoms with Crippen LogP contribution in [-0.2, 0) is 0 Å². The van der Waals surface area contributed by atoms with Crippen LogP contribution in [0.5, 0.6) is 0 Å². The fraction of sp³-hybridized carbons (Fsp3) is 1.00. The van der Waals surface area contributed by atoms with Crippen molar-refractivity contribution in [3.8, 4) is 0 Å². The van der Waals surface area contributed by atoms with Crippen molar-refractivity contribution in [2.45, 2.75) is 75.7 Å². The molecule has 0 N–H and O–H groups in total. The molecule has 18 heavy (non-hydrogen) atoms. The summed E-state index contributed by atoms with van der Waals surface area (Å²) in [5.41, 5.74) is 0.429. The largest absolute Gasteiger partial charge is 0.0651 e. The van der Waals surface area contributed by atoms with Crippen molar-refractivity contribution >= 4 is 0 Å². The van der Waals surface area contributed by atoms with Crippen molar-refractivity contribution in [1.29, 1.82) is 0 Å². The first kappa shape index (κ1) is 18.0. The van der Waals surface area contributed by atoms with Crippen molar-refractivity contribution in [2.75, 3.05) is 0 Å². The van der Waals surface area contributed by atoms with E-state index in [2.05, 4.69) is 69.2 Å². The second-order valence-corrected chi connectivity index (χ2v) is 7.75. The zero-order valence-corrected chi connectivity index (χ0v) is 14.7. The summed E-state index contributed by atoms with van der Waals surface area (Å²) in [6, 6.07) is 0. The maximum absolute atomic E-state index is 2.48. The van der Waals surface area contributed by atoms with Gasteiger partial charge < -0.3 is 0 Å². The van der Waals surface area contributed by atoms with Crippen LogP contribution in [0.4, 0.5) is 0 Å². The van der Waals surface area contributed by atoms with E-state index in [9.17, 15) is 0 Å². The zero-order valence-electron chi connectivity index (χ0n) is 14.7. The minimum Gasteiger partial charge on any atom is -0.0651 e. The molecule has 0 aromatic carbocycles. The molecule has 0 bridgehead atoms. The molecule has 0 heterocycles. The molecule has 110 valence electrons. The summed E-state index contributed by atoms with van der Waals surface area (Å²) in [5, 5.41) is 0. The van der Waals surface area contributed by atoms with Crippen LogP contribution in [0, 0.1) is 40.9 Å². The van der Waals surface area contributed by atoms with E-state index in [1.54, 1.807) is 0 Å². The molecule has 0 fully saturated rings. The Bertz CT molecular complexity index is 226. The van der Waals surface area contributed by atoms with Gasteiger partial charge in [0, 0.05) is 0 Å². The second-order valence-electron chi connectivity index (χ2n) is 7.75. The number of hydrogen-bond donors (Lipinski definition) is 0. The molecule has 0 aromatic heterocycles. The van der Waals surface area contributed by atoms with Crippen molar-refractivity contribution in [3.05, 3.63) is 0 Å². The summed E-state index contributed by atoms with van der Waals surface area (Å²) in [4.78, 5) is 0. The summed E-state index contributed by atoms with van der Waals surface area (Å²) in [5.74, 6) is 4.79. The van der Waals surface area contributed by atoms with E-state index in [-0.39, 0.29) is 0 Å². The molecule has 0 radical (unpaired) electrons. The van der Waals surface area contributed by atoms with Gasteiger partial charge in [0.2, 0.25) is 0 Å². The van der Waals surface area contributed by atoms with Crippen LogP contribution in [-0.4, -0.2) is 0 Å². The highest BCUT2D eigenvalue weighted by Gasteiger charge is 2.38. The van der Waals surface area contributed by atoms with E-state index in [4.69, 9.17) is 0 Å². The van der Waals surface area contributed by atoms with Gasteiger partial charge >= 0.3 is 0 Å². The summed E-state index contributed by atoms with van der Waals surface area (Å²) in [7, 11) is 0. The van der Waals surface area contributed by atoms with Crippen molar-refractivity contribution in [1.82, 2.24) is 0 Å². The molecular formula is C18H38. The van der Waals surface area contributed by atoms with Crippen molar-refractivity contribution in [3.63, 3.8) is 0 Å². The summed E-state index contributed by atoms with van der Waals surface area (Å²) in [6.07, 6.45) is 1.30. The van der Waals surface area contributed by atoms with E-state index in [1.165, 1.54) is 6.42 Å². The Morgan fingerprint density at radius 2 is 1.17 bits per heavy atom. The van der Waals surface area contributed by atoms with Crippen LogP contribution >= 0.6 is 0 Å². The molecule has 0 aliphatic heterocycles. The molecule has 0 saturated carbocycles. The summed E-state index contributed by atoms with van der Waals surface area (Å²) < 4.78 is 0. The molecular weight excluding hydrogens is 216 g/mol. The predicted molar refractivity (Wildman–Crippen MR) is 84.7 cm³/mol. The Balaban J connectivity index is 4.88. The van der Waals surface area contributed by atoms with Gasteiger partial charge in [-0.15, -0.1) is 0 Å². The Morgan fingerprint density at radius 1 is 0.722 bits per heavy atom. The van der Waals surface area contributed by atoms with E-state index in [1.807, 2.05) is 0 Å². The van der Waals surface area contributed by atoms with E-state index < -0.39 is 0 Å². The first-order valence-electron chi connectivity index (χ1n) is 8.07. The maximum Gasteiger partial charge on any atom is -0.0298 e. The monoisotopic (exact) mass is 254 g/mol. The smallest absolute Gasteiger partial charge is 0.0298 e. The molecule has 5 unspecified atom stereocenters. The Morgan fingerprint density at radius 3 is 1.50 bits per heavy atom. The fourth-order valence-corrected chi connectivity index (χ4v) is 3.24. The third-order valence-electron chi connectivity index (χ3n) is 6.51. The SMILES string of the molecule is CCC(C)C(C)C(C)(C)C(C)C(C)C(C)C(C)C. The van der Waals surface area contributed by atoms with Crippen LogP contribution in [0.2, 0.25) is 0 Å². The number of rotatable bonds is 7. The van der Waals surface area contributed by atoms with Crippen LogP contribution in [0.25, 0.3) is 0 Å². The molecule has 0 aromatic rings. The Hall–Kier alpha value is 0. The van der Waals surface area contributed by atoms with E-state index >= 15 is 0 Å². The van der Waals surface area contributed by atoms with Gasteiger partial charge in [-0.05, 0) is 40.9 Å². The fourth-order valence-electron chi connectivity index (χ4n) is 3.24. The molecule has 5 atom stereocenters. The third kappa shape index (κ3) is 4.00. The Kier molecular flexibility index (Phi) is 6.96. The normalized spacial score (nSPS) is 21.5. The first-order chi connectivity index (χ1) is 8.07. The highest BCUT2D eigenvalue weighted by molar-refractivity contribution is 4.87. The van der Waals surface area contributed by atoms with Gasteiger partial charge in [0.1, 0.15) is 0 Å². The molecule has 0 nitrogen and oxygen atoms in total. The molecule has 0 rings (SSSR count). The van der Waals surface area contributed by atoms with Gasteiger partial charge in [0.25, 0.3) is 0 Å². The van der Waals surface area contributed by atoms with Gasteiger partial charge in [-0.3, -0.25) is 0 Å². The molecule has 0 spiro atoms. The average Bonchev–Trinajstić information content (AvgIpc) is 2.33. The van der Waals surface area contributed by atoms with Gasteiger partial charge in [-0.2, -0.15) is 0 Å². The molecule has 0 aliphatic rings. The topological polar surface area (TPSA) is 0 Å². The van der Waals surface area contributed by atoms with Crippen LogP contribution in [0.15, 0.2) is 0 Å². The predicted octanol–water partition coefficient (Wildman–Crippen LogP) is 6.26. The minimum absolute atomic E-state index is 0.429. The third-order valence-corrected chi connectivity index (χ3v) is 6.51. The van der Waals surface area contributed by atoms with Gasteiger partial charge in [-0.1, -0.05) is 75.7 Å². The Labute approximate surface area is 117 Å². The van der Waals surface area contributed by atoms with Crippen molar-refractivity contribution in [2.24, 2.45) is 40.9 Å². The summed E-state index contributed by atoms with van der Waals surface area (Å²) in [6.45, 7) is 24.2. The molecule has 0 aliphatic carbocycles. The molecule has 0 amide bonds. The van der Waals surface area contributed by atoms with E-state index in [0.717, 1.165) is 35.5 Å².